The van der Waals surface area contributed by atoms with Gasteiger partial charge in [-0.15, -0.1) is 0 Å². The minimum absolute atomic E-state index is 0.316. The van der Waals surface area contributed by atoms with E-state index < -0.39 is 0 Å². The van der Waals surface area contributed by atoms with Gasteiger partial charge in [-0.05, 0) is 42.7 Å². The number of benzene rings is 1. The molecule has 1 aliphatic carbocycles. The molecule has 3 unspecified atom stereocenters. The normalized spacial score (nSPS) is 25.3. The first-order valence-corrected chi connectivity index (χ1v) is 7.28. The van der Waals surface area contributed by atoms with Crippen LogP contribution in [-0.2, 0) is 6.42 Å². The molecule has 0 radical (unpaired) electrons. The molecule has 0 saturated heterocycles. The smallest absolute Gasteiger partial charge is 0.0449 e. The Morgan fingerprint density at radius 1 is 1.33 bits per heavy atom. The first kappa shape index (κ1) is 13.6. The predicted octanol–water partition coefficient (Wildman–Crippen LogP) is 3.03. The number of hydrogen-bond donors (Lipinski definition) is 2. The largest absolute Gasteiger partial charge is 0.329 e. The minimum Gasteiger partial charge on any atom is -0.329 e. The lowest BCUT2D eigenvalue weighted by Crippen LogP contribution is -2.35. The molecule has 0 amide bonds. The maximum absolute atomic E-state index is 5.98. The van der Waals surface area contributed by atoms with Crippen molar-refractivity contribution in [3.8, 4) is 0 Å². The van der Waals surface area contributed by atoms with Crippen LogP contribution in [0.25, 0.3) is 0 Å². The lowest BCUT2D eigenvalue weighted by atomic mass is 9.97. The van der Waals surface area contributed by atoms with Crippen LogP contribution in [0, 0.1) is 5.92 Å². The third-order valence-electron chi connectivity index (χ3n) is 4.18. The van der Waals surface area contributed by atoms with Gasteiger partial charge in [-0.3, -0.25) is 0 Å². The lowest BCUT2D eigenvalue weighted by Gasteiger charge is -2.24. The Morgan fingerprint density at radius 2 is 2.11 bits per heavy atom. The van der Waals surface area contributed by atoms with E-state index in [0.717, 1.165) is 12.3 Å². The third kappa shape index (κ3) is 3.12. The first-order valence-electron chi connectivity index (χ1n) is 7.28. The summed E-state index contributed by atoms with van der Waals surface area (Å²) in [6.45, 7) is 5.24. The number of aryl methyl sites for hydroxylation is 1. The van der Waals surface area contributed by atoms with Crippen LogP contribution >= 0.6 is 0 Å². The molecule has 3 atom stereocenters. The van der Waals surface area contributed by atoms with Crippen LogP contribution in [0.1, 0.15) is 50.3 Å². The zero-order valence-electron chi connectivity index (χ0n) is 11.7. The van der Waals surface area contributed by atoms with Gasteiger partial charge >= 0.3 is 0 Å². The van der Waals surface area contributed by atoms with E-state index in [-0.39, 0.29) is 0 Å². The summed E-state index contributed by atoms with van der Waals surface area (Å²) in [5, 5.41) is 3.76. The lowest BCUT2D eigenvalue weighted by molar-refractivity contribution is 0.432. The summed E-state index contributed by atoms with van der Waals surface area (Å²) >= 11 is 0. The van der Waals surface area contributed by atoms with Crippen molar-refractivity contribution in [1.29, 1.82) is 0 Å². The number of nitrogens with two attached hydrogens (primary N) is 1. The fourth-order valence-electron chi connectivity index (χ4n) is 3.12. The third-order valence-corrected chi connectivity index (χ3v) is 4.18. The van der Waals surface area contributed by atoms with E-state index in [0.29, 0.717) is 18.6 Å². The molecule has 1 aromatic rings. The van der Waals surface area contributed by atoms with E-state index in [1.54, 1.807) is 0 Å². The van der Waals surface area contributed by atoms with Gasteiger partial charge in [0.05, 0.1) is 0 Å². The molecule has 2 nitrogen and oxygen atoms in total. The maximum atomic E-state index is 5.98. The highest BCUT2D eigenvalue weighted by Gasteiger charge is 2.24. The summed E-state index contributed by atoms with van der Waals surface area (Å²) in [5.74, 6) is 0.863. The molecule has 1 aromatic carbocycles. The Kier molecular flexibility index (Phi) is 4.79. The average Bonchev–Trinajstić information content (AvgIpc) is 2.81. The van der Waals surface area contributed by atoms with Crippen LogP contribution in [0.15, 0.2) is 24.3 Å². The Bertz CT molecular complexity index is 375. The quantitative estimate of drug-likeness (QED) is 0.838. The Morgan fingerprint density at radius 3 is 2.72 bits per heavy atom. The van der Waals surface area contributed by atoms with Crippen LogP contribution in [0.2, 0.25) is 0 Å². The standard InChI is InChI=1S/C16H26N2/c1-3-13-6-4-5-7-15(13)16(11-17)18-14-9-8-12(2)10-14/h4-7,12,14,16,18H,3,8-11,17H2,1-2H3. The molecule has 0 aromatic heterocycles. The predicted molar refractivity (Wildman–Crippen MR) is 77.6 cm³/mol. The maximum Gasteiger partial charge on any atom is 0.0449 e. The molecule has 0 aliphatic heterocycles. The summed E-state index contributed by atoms with van der Waals surface area (Å²) in [5.41, 5.74) is 8.79. The fraction of sp³-hybridized carbons (Fsp3) is 0.625. The van der Waals surface area contributed by atoms with E-state index in [9.17, 15) is 0 Å². The molecular formula is C16H26N2. The van der Waals surface area contributed by atoms with Crippen molar-refractivity contribution < 1.29 is 0 Å². The van der Waals surface area contributed by atoms with E-state index in [1.807, 2.05) is 0 Å². The SMILES string of the molecule is CCc1ccccc1C(CN)NC1CCC(C)C1. The van der Waals surface area contributed by atoms with Gasteiger partial charge in [0.15, 0.2) is 0 Å². The molecule has 100 valence electrons. The molecule has 1 aliphatic rings. The minimum atomic E-state index is 0.316. The van der Waals surface area contributed by atoms with Gasteiger partial charge in [0.1, 0.15) is 0 Å². The summed E-state index contributed by atoms with van der Waals surface area (Å²) in [4.78, 5) is 0. The summed E-state index contributed by atoms with van der Waals surface area (Å²) in [6.07, 6.45) is 5.02. The Labute approximate surface area is 111 Å². The highest BCUT2D eigenvalue weighted by molar-refractivity contribution is 5.30. The summed E-state index contributed by atoms with van der Waals surface area (Å²) in [7, 11) is 0. The van der Waals surface area contributed by atoms with Gasteiger partial charge < -0.3 is 11.1 Å². The second-order valence-electron chi connectivity index (χ2n) is 5.62. The molecule has 3 N–H and O–H groups in total. The van der Waals surface area contributed by atoms with Crippen LogP contribution in [0.5, 0.6) is 0 Å². The van der Waals surface area contributed by atoms with Gasteiger partial charge in [-0.2, -0.15) is 0 Å². The molecule has 0 heterocycles. The molecule has 1 saturated carbocycles. The summed E-state index contributed by atoms with van der Waals surface area (Å²) in [6, 6.07) is 9.65. The van der Waals surface area contributed by atoms with Crippen molar-refractivity contribution in [2.45, 2.75) is 51.6 Å². The Hall–Kier alpha value is -0.860. The second-order valence-corrected chi connectivity index (χ2v) is 5.62. The summed E-state index contributed by atoms with van der Waals surface area (Å²) < 4.78 is 0. The van der Waals surface area contributed by atoms with Gasteiger partial charge in [0, 0.05) is 18.6 Å². The zero-order valence-corrected chi connectivity index (χ0v) is 11.7. The fourth-order valence-corrected chi connectivity index (χ4v) is 3.12. The van der Waals surface area contributed by atoms with Crippen molar-refractivity contribution >= 4 is 0 Å². The van der Waals surface area contributed by atoms with Crippen molar-refractivity contribution in [2.75, 3.05) is 6.54 Å². The molecule has 2 rings (SSSR count). The highest BCUT2D eigenvalue weighted by Crippen LogP contribution is 2.27. The number of rotatable bonds is 5. The molecule has 0 spiro atoms. The van der Waals surface area contributed by atoms with Crippen LogP contribution in [0.3, 0.4) is 0 Å². The van der Waals surface area contributed by atoms with Crippen LogP contribution in [0.4, 0.5) is 0 Å². The number of hydrogen-bond acceptors (Lipinski definition) is 2. The Balaban J connectivity index is 2.08. The monoisotopic (exact) mass is 246 g/mol. The highest BCUT2D eigenvalue weighted by atomic mass is 15.0. The molecule has 0 bridgehead atoms. The molecule has 1 fully saturated rings. The van der Waals surface area contributed by atoms with Crippen LogP contribution < -0.4 is 11.1 Å². The first-order chi connectivity index (χ1) is 8.74. The number of nitrogens with one attached hydrogen (secondary N) is 1. The van der Waals surface area contributed by atoms with Crippen molar-refractivity contribution in [3.05, 3.63) is 35.4 Å². The van der Waals surface area contributed by atoms with Gasteiger partial charge in [-0.1, -0.05) is 38.1 Å². The van der Waals surface area contributed by atoms with Gasteiger partial charge in [0.2, 0.25) is 0 Å². The van der Waals surface area contributed by atoms with Crippen molar-refractivity contribution in [1.82, 2.24) is 5.32 Å². The van der Waals surface area contributed by atoms with Crippen LogP contribution in [-0.4, -0.2) is 12.6 Å². The van der Waals surface area contributed by atoms with E-state index in [2.05, 4.69) is 43.4 Å². The topological polar surface area (TPSA) is 38.0 Å². The van der Waals surface area contributed by atoms with E-state index in [4.69, 9.17) is 5.73 Å². The van der Waals surface area contributed by atoms with E-state index in [1.165, 1.54) is 30.4 Å². The van der Waals surface area contributed by atoms with Crippen molar-refractivity contribution in [2.24, 2.45) is 11.7 Å². The molecule has 18 heavy (non-hydrogen) atoms. The van der Waals surface area contributed by atoms with Gasteiger partial charge in [0.25, 0.3) is 0 Å². The second kappa shape index (κ2) is 6.35. The van der Waals surface area contributed by atoms with E-state index >= 15 is 0 Å². The van der Waals surface area contributed by atoms with Gasteiger partial charge in [-0.25, -0.2) is 0 Å². The molecule has 2 heteroatoms. The van der Waals surface area contributed by atoms with Crippen molar-refractivity contribution in [3.63, 3.8) is 0 Å². The average molecular weight is 246 g/mol. The zero-order chi connectivity index (χ0) is 13.0. The molecular weight excluding hydrogens is 220 g/mol.